The maximum absolute atomic E-state index is 10.0. The average Bonchev–Trinajstić information content (AvgIpc) is 2.45. The standard InChI is InChI=1S/C18H25NO/c19-11-17(20)15-2-1-3-16(7-15)18-8-12-4-13(9-18)6-14(5-12)10-18/h1-3,7,12-14,17,20H,4-6,8-11,19H2. The molecule has 4 fully saturated rings. The molecule has 4 aliphatic carbocycles. The molecule has 4 bridgehead atoms. The minimum atomic E-state index is -0.510. The molecule has 4 saturated carbocycles. The van der Waals surface area contributed by atoms with Gasteiger partial charge in [-0.3, -0.25) is 0 Å². The topological polar surface area (TPSA) is 46.2 Å². The van der Waals surface area contributed by atoms with Crippen LogP contribution in [-0.2, 0) is 5.41 Å². The van der Waals surface area contributed by atoms with E-state index < -0.39 is 6.10 Å². The smallest absolute Gasteiger partial charge is 0.0912 e. The van der Waals surface area contributed by atoms with Gasteiger partial charge < -0.3 is 10.8 Å². The fraction of sp³-hybridized carbons (Fsp3) is 0.667. The van der Waals surface area contributed by atoms with Gasteiger partial charge in [0.2, 0.25) is 0 Å². The van der Waals surface area contributed by atoms with E-state index in [0.29, 0.717) is 12.0 Å². The molecular weight excluding hydrogens is 246 g/mol. The Bertz CT molecular complexity index is 475. The van der Waals surface area contributed by atoms with Crippen LogP contribution < -0.4 is 5.73 Å². The van der Waals surface area contributed by atoms with Gasteiger partial charge in [-0.15, -0.1) is 0 Å². The molecule has 20 heavy (non-hydrogen) atoms. The van der Waals surface area contributed by atoms with Gasteiger partial charge >= 0.3 is 0 Å². The van der Waals surface area contributed by atoms with Gasteiger partial charge in [0.05, 0.1) is 6.10 Å². The van der Waals surface area contributed by atoms with Gasteiger partial charge in [0.1, 0.15) is 0 Å². The third-order valence-corrected chi connectivity index (χ3v) is 6.15. The van der Waals surface area contributed by atoms with Crippen molar-refractivity contribution in [2.75, 3.05) is 6.54 Å². The Morgan fingerprint density at radius 3 is 2.25 bits per heavy atom. The van der Waals surface area contributed by atoms with Gasteiger partial charge in [-0.2, -0.15) is 0 Å². The van der Waals surface area contributed by atoms with Crippen molar-refractivity contribution in [2.24, 2.45) is 23.5 Å². The first-order chi connectivity index (χ1) is 9.68. The van der Waals surface area contributed by atoms with Gasteiger partial charge in [0.25, 0.3) is 0 Å². The quantitative estimate of drug-likeness (QED) is 0.887. The first-order valence-corrected chi connectivity index (χ1v) is 8.17. The summed E-state index contributed by atoms with van der Waals surface area (Å²) < 4.78 is 0. The number of aliphatic hydroxyl groups is 1. The van der Waals surface area contributed by atoms with Crippen LogP contribution in [0.15, 0.2) is 24.3 Å². The van der Waals surface area contributed by atoms with Crippen molar-refractivity contribution in [2.45, 2.75) is 50.0 Å². The van der Waals surface area contributed by atoms with Crippen LogP contribution >= 0.6 is 0 Å². The SMILES string of the molecule is NCC(O)c1cccc(C23CC4CC(CC(C4)C2)C3)c1. The number of rotatable bonds is 3. The van der Waals surface area contributed by atoms with Crippen molar-refractivity contribution in [1.29, 1.82) is 0 Å². The fourth-order valence-electron chi connectivity index (χ4n) is 5.68. The summed E-state index contributed by atoms with van der Waals surface area (Å²) in [6, 6.07) is 8.66. The largest absolute Gasteiger partial charge is 0.387 e. The van der Waals surface area contributed by atoms with Crippen LogP contribution in [0.2, 0.25) is 0 Å². The molecule has 108 valence electrons. The van der Waals surface area contributed by atoms with E-state index in [-0.39, 0.29) is 0 Å². The molecule has 0 radical (unpaired) electrons. The molecule has 0 saturated heterocycles. The van der Waals surface area contributed by atoms with E-state index in [1.165, 1.54) is 44.1 Å². The molecule has 1 unspecified atom stereocenters. The predicted molar refractivity (Wildman–Crippen MR) is 80.3 cm³/mol. The molecule has 2 nitrogen and oxygen atoms in total. The number of benzene rings is 1. The van der Waals surface area contributed by atoms with Crippen LogP contribution in [0.4, 0.5) is 0 Å². The zero-order valence-electron chi connectivity index (χ0n) is 12.1. The molecule has 4 aliphatic rings. The highest BCUT2D eigenvalue weighted by molar-refractivity contribution is 5.34. The van der Waals surface area contributed by atoms with Crippen LogP contribution in [0.25, 0.3) is 0 Å². The number of aliphatic hydroxyl groups excluding tert-OH is 1. The highest BCUT2D eigenvalue weighted by Crippen LogP contribution is 2.60. The molecule has 0 amide bonds. The van der Waals surface area contributed by atoms with E-state index in [0.717, 1.165) is 23.3 Å². The lowest BCUT2D eigenvalue weighted by atomic mass is 9.48. The summed E-state index contributed by atoms with van der Waals surface area (Å²) in [4.78, 5) is 0. The Balaban J connectivity index is 1.70. The highest BCUT2D eigenvalue weighted by atomic mass is 16.3. The van der Waals surface area contributed by atoms with E-state index in [1.807, 2.05) is 6.07 Å². The van der Waals surface area contributed by atoms with Gasteiger partial charge in [-0.25, -0.2) is 0 Å². The first-order valence-electron chi connectivity index (χ1n) is 8.17. The molecule has 2 heteroatoms. The molecular formula is C18H25NO. The van der Waals surface area contributed by atoms with E-state index in [1.54, 1.807) is 0 Å². The van der Waals surface area contributed by atoms with E-state index in [4.69, 9.17) is 5.73 Å². The van der Waals surface area contributed by atoms with Crippen LogP contribution in [0.1, 0.15) is 55.8 Å². The Kier molecular flexibility index (Phi) is 2.94. The molecule has 0 aromatic heterocycles. The maximum atomic E-state index is 10.0. The van der Waals surface area contributed by atoms with Crippen LogP contribution in [0.3, 0.4) is 0 Å². The summed E-state index contributed by atoms with van der Waals surface area (Å²) >= 11 is 0. The summed E-state index contributed by atoms with van der Waals surface area (Å²) in [6.45, 7) is 0.310. The second kappa shape index (κ2) is 4.57. The Morgan fingerprint density at radius 2 is 1.70 bits per heavy atom. The zero-order valence-corrected chi connectivity index (χ0v) is 12.1. The Labute approximate surface area is 121 Å². The lowest BCUT2D eigenvalue weighted by Crippen LogP contribution is -2.48. The first kappa shape index (κ1) is 12.8. The monoisotopic (exact) mass is 271 g/mol. The van der Waals surface area contributed by atoms with E-state index >= 15 is 0 Å². The molecule has 5 rings (SSSR count). The van der Waals surface area contributed by atoms with Crippen LogP contribution in [0, 0.1) is 17.8 Å². The molecule has 0 spiro atoms. The zero-order chi connectivity index (χ0) is 13.7. The number of hydrogen-bond acceptors (Lipinski definition) is 2. The predicted octanol–water partition coefficient (Wildman–Crippen LogP) is 3.15. The summed E-state index contributed by atoms with van der Waals surface area (Å²) in [5.41, 5.74) is 8.50. The summed E-state index contributed by atoms with van der Waals surface area (Å²) in [6.07, 6.45) is 8.05. The molecule has 0 heterocycles. The van der Waals surface area contributed by atoms with Crippen molar-refractivity contribution in [3.63, 3.8) is 0 Å². The van der Waals surface area contributed by atoms with Crippen molar-refractivity contribution < 1.29 is 5.11 Å². The summed E-state index contributed by atoms with van der Waals surface area (Å²) in [7, 11) is 0. The lowest BCUT2D eigenvalue weighted by Gasteiger charge is -2.57. The number of nitrogens with two attached hydrogens (primary N) is 1. The fourth-order valence-corrected chi connectivity index (χ4v) is 5.68. The minimum absolute atomic E-state index is 0.310. The van der Waals surface area contributed by atoms with Crippen molar-refractivity contribution >= 4 is 0 Å². The molecule has 0 aliphatic heterocycles. The molecule has 1 atom stereocenters. The van der Waals surface area contributed by atoms with Crippen molar-refractivity contribution in [1.82, 2.24) is 0 Å². The van der Waals surface area contributed by atoms with Crippen LogP contribution in [0.5, 0.6) is 0 Å². The molecule has 1 aromatic rings. The minimum Gasteiger partial charge on any atom is -0.387 e. The number of hydrogen-bond donors (Lipinski definition) is 2. The van der Waals surface area contributed by atoms with E-state index in [9.17, 15) is 5.11 Å². The van der Waals surface area contributed by atoms with Crippen molar-refractivity contribution in [3.05, 3.63) is 35.4 Å². The second-order valence-electron chi connectivity index (χ2n) is 7.57. The second-order valence-corrected chi connectivity index (χ2v) is 7.57. The van der Waals surface area contributed by atoms with Gasteiger partial charge in [-0.1, -0.05) is 24.3 Å². The van der Waals surface area contributed by atoms with E-state index in [2.05, 4.69) is 18.2 Å². The van der Waals surface area contributed by atoms with Crippen LogP contribution in [-0.4, -0.2) is 11.7 Å². The Hall–Kier alpha value is -0.860. The lowest BCUT2D eigenvalue weighted by molar-refractivity contribution is -0.00528. The highest BCUT2D eigenvalue weighted by Gasteiger charge is 2.51. The summed E-state index contributed by atoms with van der Waals surface area (Å²) in [5, 5.41) is 10.0. The van der Waals surface area contributed by atoms with Crippen molar-refractivity contribution in [3.8, 4) is 0 Å². The normalized spacial score (nSPS) is 40.0. The maximum Gasteiger partial charge on any atom is 0.0912 e. The molecule has 3 N–H and O–H groups in total. The third-order valence-electron chi connectivity index (χ3n) is 6.15. The molecule has 1 aromatic carbocycles. The summed E-state index contributed by atoms with van der Waals surface area (Å²) in [5.74, 6) is 2.89. The Morgan fingerprint density at radius 1 is 1.10 bits per heavy atom. The average molecular weight is 271 g/mol. The van der Waals surface area contributed by atoms with Gasteiger partial charge in [-0.05, 0) is 72.8 Å². The third kappa shape index (κ3) is 1.93. The van der Waals surface area contributed by atoms with Gasteiger partial charge in [0, 0.05) is 6.54 Å². The van der Waals surface area contributed by atoms with Gasteiger partial charge in [0.15, 0.2) is 0 Å².